The number of carbonyl (C=O) groups is 1. The van der Waals surface area contributed by atoms with Crippen LogP contribution < -0.4 is 19.7 Å². The maximum atomic E-state index is 12.8. The molecular weight excluding hydrogens is 392 g/mol. The minimum atomic E-state index is -0.0973. The number of carbonyl (C=O) groups excluding carboxylic acids is 1. The van der Waals surface area contributed by atoms with E-state index < -0.39 is 0 Å². The number of rotatable bonds is 5. The average molecular weight is 416 g/mol. The summed E-state index contributed by atoms with van der Waals surface area (Å²) in [5, 5.41) is 13.6. The summed E-state index contributed by atoms with van der Waals surface area (Å²) in [7, 11) is 3.21. The van der Waals surface area contributed by atoms with Crippen molar-refractivity contribution in [3.05, 3.63) is 54.2 Å². The van der Waals surface area contributed by atoms with Crippen LogP contribution in [0.2, 0.25) is 0 Å². The van der Waals surface area contributed by atoms with Crippen LogP contribution in [0.5, 0.6) is 11.5 Å². The van der Waals surface area contributed by atoms with E-state index in [1.807, 2.05) is 42.5 Å². The van der Waals surface area contributed by atoms with Gasteiger partial charge < -0.3 is 19.7 Å². The van der Waals surface area contributed by atoms with Crippen LogP contribution in [0, 0.1) is 17.2 Å². The molecular formula is C24H24N4O3. The minimum Gasteiger partial charge on any atom is -0.497 e. The van der Waals surface area contributed by atoms with Crippen molar-refractivity contribution in [1.29, 1.82) is 5.26 Å². The van der Waals surface area contributed by atoms with E-state index >= 15 is 0 Å². The lowest BCUT2D eigenvalue weighted by molar-refractivity contribution is -0.120. The standard InChI is InChI=1S/C24H24N4O3/c1-30-18-7-8-19-21(13-18)26-15-17(14-25)23(19)28-11-9-16(10-12-28)24(29)27-20-5-3-4-6-22(20)31-2/h3-8,13,15-16H,9-12H2,1-2H3,(H,27,29). The SMILES string of the molecule is COc1ccc2c(N3CCC(C(=O)Nc4ccccc4OC)CC3)c(C#N)cnc2c1. The summed E-state index contributed by atoms with van der Waals surface area (Å²) in [6.07, 6.45) is 3.01. The zero-order valence-electron chi connectivity index (χ0n) is 17.6. The van der Waals surface area contributed by atoms with Crippen LogP contribution in [0.4, 0.5) is 11.4 Å². The number of piperidine rings is 1. The van der Waals surface area contributed by atoms with E-state index in [4.69, 9.17) is 9.47 Å². The normalized spacial score (nSPS) is 14.2. The number of hydrogen-bond donors (Lipinski definition) is 1. The quantitative estimate of drug-likeness (QED) is 0.677. The molecule has 1 amide bonds. The molecule has 1 aliphatic heterocycles. The highest BCUT2D eigenvalue weighted by molar-refractivity contribution is 5.96. The Morgan fingerprint density at radius 1 is 1.16 bits per heavy atom. The van der Waals surface area contributed by atoms with Gasteiger partial charge in [0, 0.05) is 36.7 Å². The van der Waals surface area contributed by atoms with Crippen molar-refractivity contribution >= 4 is 28.2 Å². The van der Waals surface area contributed by atoms with Crippen LogP contribution in [0.15, 0.2) is 48.7 Å². The lowest BCUT2D eigenvalue weighted by Gasteiger charge is -2.34. The third-order valence-electron chi connectivity index (χ3n) is 5.72. The van der Waals surface area contributed by atoms with Crippen LogP contribution in [-0.4, -0.2) is 38.2 Å². The molecule has 7 heteroatoms. The van der Waals surface area contributed by atoms with E-state index in [1.165, 1.54) is 0 Å². The molecule has 0 atom stereocenters. The first kappa shape index (κ1) is 20.5. The summed E-state index contributed by atoms with van der Waals surface area (Å²) >= 11 is 0. The molecule has 2 aromatic carbocycles. The average Bonchev–Trinajstić information content (AvgIpc) is 2.83. The van der Waals surface area contributed by atoms with E-state index in [-0.39, 0.29) is 11.8 Å². The van der Waals surface area contributed by atoms with Gasteiger partial charge in [-0.2, -0.15) is 5.26 Å². The van der Waals surface area contributed by atoms with Crippen molar-refractivity contribution in [2.45, 2.75) is 12.8 Å². The van der Waals surface area contributed by atoms with E-state index in [0.717, 1.165) is 22.3 Å². The molecule has 158 valence electrons. The second-order valence-corrected chi connectivity index (χ2v) is 7.47. The highest BCUT2D eigenvalue weighted by Crippen LogP contribution is 2.34. The molecule has 0 saturated carbocycles. The highest BCUT2D eigenvalue weighted by atomic mass is 16.5. The van der Waals surface area contributed by atoms with Crippen molar-refractivity contribution in [3.63, 3.8) is 0 Å². The Morgan fingerprint density at radius 3 is 2.65 bits per heavy atom. The van der Waals surface area contributed by atoms with Crippen molar-refractivity contribution in [2.75, 3.05) is 37.5 Å². The fourth-order valence-corrected chi connectivity index (χ4v) is 4.06. The zero-order chi connectivity index (χ0) is 21.8. The molecule has 0 aliphatic carbocycles. The van der Waals surface area contributed by atoms with Crippen molar-refractivity contribution in [2.24, 2.45) is 5.92 Å². The van der Waals surface area contributed by atoms with E-state index in [1.54, 1.807) is 20.4 Å². The summed E-state index contributed by atoms with van der Waals surface area (Å²) in [5.41, 5.74) is 2.87. The van der Waals surface area contributed by atoms with E-state index in [2.05, 4.69) is 21.3 Å². The van der Waals surface area contributed by atoms with Gasteiger partial charge in [0.25, 0.3) is 0 Å². The molecule has 0 bridgehead atoms. The molecule has 2 heterocycles. The number of para-hydroxylation sites is 2. The maximum Gasteiger partial charge on any atom is 0.227 e. The fraction of sp³-hybridized carbons (Fsp3) is 0.292. The third-order valence-corrected chi connectivity index (χ3v) is 5.72. The van der Waals surface area contributed by atoms with Crippen LogP contribution in [0.1, 0.15) is 18.4 Å². The third kappa shape index (κ3) is 4.10. The van der Waals surface area contributed by atoms with Crippen LogP contribution in [-0.2, 0) is 4.79 Å². The molecule has 31 heavy (non-hydrogen) atoms. The van der Waals surface area contributed by atoms with Gasteiger partial charge in [0.2, 0.25) is 5.91 Å². The van der Waals surface area contributed by atoms with Crippen LogP contribution in [0.3, 0.4) is 0 Å². The molecule has 3 aromatic rings. The Labute approximate surface area is 181 Å². The van der Waals surface area contributed by atoms with Gasteiger partial charge in [-0.05, 0) is 37.1 Å². The van der Waals surface area contributed by atoms with E-state index in [0.29, 0.717) is 42.9 Å². The minimum absolute atomic E-state index is 0.00557. The summed E-state index contributed by atoms with van der Waals surface area (Å²) in [5.74, 6) is 1.27. The number of methoxy groups -OCH3 is 2. The summed E-state index contributed by atoms with van der Waals surface area (Å²) in [6.45, 7) is 1.37. The molecule has 4 rings (SSSR count). The molecule has 0 unspecified atom stereocenters. The fourth-order valence-electron chi connectivity index (χ4n) is 4.06. The van der Waals surface area contributed by atoms with Crippen LogP contribution in [0.25, 0.3) is 10.9 Å². The lowest BCUT2D eigenvalue weighted by Crippen LogP contribution is -2.38. The number of nitriles is 1. The van der Waals surface area contributed by atoms with Crippen molar-refractivity contribution < 1.29 is 14.3 Å². The largest absolute Gasteiger partial charge is 0.497 e. The number of benzene rings is 2. The zero-order valence-corrected chi connectivity index (χ0v) is 17.6. The monoisotopic (exact) mass is 416 g/mol. The predicted octanol–water partition coefficient (Wildman–Crippen LogP) is 3.98. The molecule has 1 aromatic heterocycles. The number of hydrogen-bond acceptors (Lipinski definition) is 6. The lowest BCUT2D eigenvalue weighted by atomic mass is 9.94. The number of nitrogens with zero attached hydrogens (tertiary/aromatic N) is 3. The number of anilines is 2. The number of pyridine rings is 1. The maximum absolute atomic E-state index is 12.8. The smallest absolute Gasteiger partial charge is 0.227 e. The Balaban J connectivity index is 1.51. The second kappa shape index (κ2) is 8.92. The number of nitrogens with one attached hydrogen (secondary N) is 1. The Kier molecular flexibility index (Phi) is 5.89. The molecule has 0 spiro atoms. The molecule has 7 nitrogen and oxygen atoms in total. The van der Waals surface area contributed by atoms with Gasteiger partial charge in [-0.1, -0.05) is 12.1 Å². The van der Waals surface area contributed by atoms with Crippen molar-refractivity contribution in [1.82, 2.24) is 4.98 Å². The topological polar surface area (TPSA) is 87.5 Å². The molecule has 1 fully saturated rings. The first-order valence-electron chi connectivity index (χ1n) is 10.2. The molecule has 1 N–H and O–H groups in total. The summed E-state index contributed by atoms with van der Waals surface area (Å²) in [4.78, 5) is 19.4. The molecule has 1 aliphatic rings. The number of aromatic nitrogens is 1. The summed E-state index contributed by atoms with van der Waals surface area (Å²) in [6, 6.07) is 15.4. The Bertz CT molecular complexity index is 1150. The Hall–Kier alpha value is -3.79. The highest BCUT2D eigenvalue weighted by Gasteiger charge is 2.27. The molecule has 0 radical (unpaired) electrons. The number of ether oxygens (including phenoxy) is 2. The number of amides is 1. The van der Waals surface area contributed by atoms with Gasteiger partial charge >= 0.3 is 0 Å². The van der Waals surface area contributed by atoms with Crippen molar-refractivity contribution in [3.8, 4) is 17.6 Å². The Morgan fingerprint density at radius 2 is 1.94 bits per heavy atom. The summed E-state index contributed by atoms with van der Waals surface area (Å²) < 4.78 is 10.6. The van der Waals surface area contributed by atoms with Gasteiger partial charge in [-0.25, -0.2) is 0 Å². The first-order valence-corrected chi connectivity index (χ1v) is 10.2. The van der Waals surface area contributed by atoms with Gasteiger partial charge in [0.15, 0.2) is 0 Å². The second-order valence-electron chi connectivity index (χ2n) is 7.47. The van der Waals surface area contributed by atoms with E-state index in [9.17, 15) is 10.1 Å². The molecule has 1 saturated heterocycles. The predicted molar refractivity (Wildman–Crippen MR) is 120 cm³/mol. The first-order chi connectivity index (χ1) is 15.1. The van der Waals surface area contributed by atoms with Gasteiger partial charge in [-0.15, -0.1) is 0 Å². The van der Waals surface area contributed by atoms with Gasteiger partial charge in [0.05, 0.1) is 36.7 Å². The number of fused-ring (bicyclic) bond motifs is 1. The van der Waals surface area contributed by atoms with Crippen LogP contribution >= 0.6 is 0 Å². The van der Waals surface area contributed by atoms with Gasteiger partial charge in [0.1, 0.15) is 17.6 Å². The van der Waals surface area contributed by atoms with Gasteiger partial charge in [-0.3, -0.25) is 9.78 Å².